The third kappa shape index (κ3) is 1.11. The summed E-state index contributed by atoms with van der Waals surface area (Å²) in [5.74, 6) is 0. The van der Waals surface area contributed by atoms with E-state index in [1.54, 1.807) is 11.5 Å². The average molecular weight is 217 g/mol. The summed E-state index contributed by atoms with van der Waals surface area (Å²) in [6.07, 6.45) is 1.75. The smallest absolute Gasteiger partial charge is 0.265 e. The number of hydrogen-bond acceptors (Lipinski definition) is 2. The van der Waals surface area contributed by atoms with Crippen LogP contribution in [0.2, 0.25) is 0 Å². The number of pyridine rings is 1. The maximum absolute atomic E-state index is 11.6. The molecule has 0 spiro atoms. The Kier molecular flexibility index (Phi) is 1.67. The van der Waals surface area contributed by atoms with Gasteiger partial charge in [0.15, 0.2) is 0 Å². The van der Waals surface area contributed by atoms with E-state index in [9.17, 15) is 9.00 Å². The fourth-order valence-corrected chi connectivity index (χ4v) is 2.84. The molecular formula is C11H7NO2S. The standard InChI is InChI=1S/C11H7NO2S/c13-11-10-8(5-6-15(10)14)7-3-1-2-4-9(7)12-11/h1-6H,(H,12,13). The number of para-hydroxylation sites is 1. The molecule has 74 valence electrons. The van der Waals surface area contributed by atoms with Gasteiger partial charge in [-0.2, -0.15) is 0 Å². The highest BCUT2D eigenvalue weighted by molar-refractivity contribution is 7.88. The molecular weight excluding hydrogens is 210 g/mol. The van der Waals surface area contributed by atoms with E-state index in [1.807, 2.05) is 24.3 Å². The summed E-state index contributed by atoms with van der Waals surface area (Å²) in [7, 11) is -1.29. The molecule has 2 aromatic rings. The van der Waals surface area contributed by atoms with Crippen LogP contribution in [0.5, 0.6) is 0 Å². The predicted octanol–water partition coefficient (Wildman–Crippen LogP) is 1.62. The molecule has 3 nitrogen and oxygen atoms in total. The number of H-pyrrole nitrogens is 1. The van der Waals surface area contributed by atoms with E-state index in [4.69, 9.17) is 0 Å². The zero-order valence-electron chi connectivity index (χ0n) is 7.69. The van der Waals surface area contributed by atoms with Crippen molar-refractivity contribution in [2.75, 3.05) is 0 Å². The molecule has 0 fully saturated rings. The first-order valence-corrected chi connectivity index (χ1v) is 5.72. The van der Waals surface area contributed by atoms with Crippen LogP contribution in [0.4, 0.5) is 0 Å². The lowest BCUT2D eigenvalue weighted by molar-refractivity contribution is 0.688. The van der Waals surface area contributed by atoms with Gasteiger partial charge in [-0.15, -0.1) is 0 Å². The van der Waals surface area contributed by atoms with Gasteiger partial charge >= 0.3 is 0 Å². The Hall–Kier alpha value is -1.68. The van der Waals surface area contributed by atoms with E-state index in [2.05, 4.69) is 4.98 Å². The number of aromatic nitrogens is 1. The molecule has 1 unspecified atom stereocenters. The molecule has 0 amide bonds. The Labute approximate surface area is 87.9 Å². The SMILES string of the molecule is O=c1[nH]c2ccccc2c2c1S(=O)C=C2. The summed E-state index contributed by atoms with van der Waals surface area (Å²) in [5, 5.41) is 2.49. The fourth-order valence-electron chi connectivity index (χ4n) is 1.81. The Morgan fingerprint density at radius 2 is 2.00 bits per heavy atom. The van der Waals surface area contributed by atoms with Crippen molar-refractivity contribution in [2.24, 2.45) is 0 Å². The topological polar surface area (TPSA) is 49.9 Å². The lowest BCUT2D eigenvalue weighted by Crippen LogP contribution is -2.12. The summed E-state index contributed by atoms with van der Waals surface area (Å²) >= 11 is 0. The third-order valence-corrected chi connectivity index (χ3v) is 3.67. The number of aromatic amines is 1. The number of nitrogens with one attached hydrogen (secondary N) is 1. The Morgan fingerprint density at radius 3 is 2.87 bits per heavy atom. The van der Waals surface area contributed by atoms with E-state index >= 15 is 0 Å². The zero-order chi connectivity index (χ0) is 10.4. The highest BCUT2D eigenvalue weighted by Gasteiger charge is 2.19. The third-order valence-electron chi connectivity index (χ3n) is 2.48. The van der Waals surface area contributed by atoms with Gasteiger partial charge in [0, 0.05) is 21.9 Å². The van der Waals surface area contributed by atoms with Crippen LogP contribution in [0.1, 0.15) is 5.56 Å². The van der Waals surface area contributed by atoms with E-state index < -0.39 is 10.8 Å². The Morgan fingerprint density at radius 1 is 1.20 bits per heavy atom. The largest absolute Gasteiger partial charge is 0.321 e. The summed E-state index contributed by atoms with van der Waals surface area (Å²) < 4.78 is 11.5. The first kappa shape index (κ1) is 8.61. The zero-order valence-corrected chi connectivity index (χ0v) is 8.51. The van der Waals surface area contributed by atoms with E-state index in [-0.39, 0.29) is 5.56 Å². The van der Waals surface area contributed by atoms with Gasteiger partial charge in [-0.25, -0.2) is 4.21 Å². The van der Waals surface area contributed by atoms with E-state index in [0.717, 1.165) is 16.5 Å². The van der Waals surface area contributed by atoms with Crippen molar-refractivity contribution in [1.82, 2.24) is 4.98 Å². The van der Waals surface area contributed by atoms with Crippen molar-refractivity contribution >= 4 is 27.8 Å². The van der Waals surface area contributed by atoms with Crippen molar-refractivity contribution in [3.05, 3.63) is 45.6 Å². The number of hydrogen-bond donors (Lipinski definition) is 1. The van der Waals surface area contributed by atoms with Gasteiger partial charge in [-0.1, -0.05) is 18.2 Å². The molecule has 0 bridgehead atoms. The molecule has 1 N–H and O–H groups in total. The maximum Gasteiger partial charge on any atom is 0.265 e. The molecule has 2 heterocycles. The normalized spacial score (nSPS) is 18.3. The maximum atomic E-state index is 11.6. The second kappa shape index (κ2) is 2.90. The van der Waals surface area contributed by atoms with Crippen LogP contribution in [0.25, 0.3) is 17.0 Å². The lowest BCUT2D eigenvalue weighted by Gasteiger charge is -2.02. The van der Waals surface area contributed by atoms with Crippen LogP contribution in [-0.4, -0.2) is 9.19 Å². The average Bonchev–Trinajstić information content (AvgIpc) is 2.62. The van der Waals surface area contributed by atoms with E-state index in [1.165, 1.54) is 0 Å². The molecule has 1 atom stereocenters. The van der Waals surface area contributed by atoms with Gasteiger partial charge in [0.05, 0.1) is 10.8 Å². The monoisotopic (exact) mass is 217 g/mol. The number of fused-ring (bicyclic) bond motifs is 3. The minimum Gasteiger partial charge on any atom is -0.321 e. The molecule has 0 aliphatic carbocycles. The molecule has 0 radical (unpaired) electrons. The van der Waals surface area contributed by atoms with Crippen molar-refractivity contribution < 1.29 is 4.21 Å². The molecule has 15 heavy (non-hydrogen) atoms. The molecule has 3 rings (SSSR count). The van der Waals surface area contributed by atoms with Crippen LogP contribution in [0.3, 0.4) is 0 Å². The summed E-state index contributed by atoms with van der Waals surface area (Å²) in [4.78, 5) is 14.7. The van der Waals surface area contributed by atoms with Gasteiger partial charge < -0.3 is 4.98 Å². The second-order valence-corrected chi connectivity index (χ2v) is 4.62. The quantitative estimate of drug-likeness (QED) is 0.729. The predicted molar refractivity (Wildman–Crippen MR) is 60.0 cm³/mol. The van der Waals surface area contributed by atoms with Gasteiger partial charge in [0.25, 0.3) is 5.56 Å². The summed E-state index contributed by atoms with van der Waals surface area (Å²) in [6, 6.07) is 7.51. The number of benzene rings is 1. The van der Waals surface area contributed by atoms with Crippen LogP contribution < -0.4 is 5.56 Å². The molecule has 1 aromatic carbocycles. The van der Waals surface area contributed by atoms with Crippen LogP contribution in [0, 0.1) is 0 Å². The molecule has 4 heteroatoms. The van der Waals surface area contributed by atoms with Crippen LogP contribution in [0.15, 0.2) is 39.4 Å². The van der Waals surface area contributed by atoms with Crippen molar-refractivity contribution in [3.63, 3.8) is 0 Å². The Bertz CT molecular complexity index is 670. The lowest BCUT2D eigenvalue weighted by atomic mass is 10.1. The van der Waals surface area contributed by atoms with E-state index in [0.29, 0.717) is 4.90 Å². The summed E-state index contributed by atoms with van der Waals surface area (Å²) in [6.45, 7) is 0. The van der Waals surface area contributed by atoms with Crippen molar-refractivity contribution in [2.45, 2.75) is 4.90 Å². The van der Waals surface area contributed by atoms with Crippen molar-refractivity contribution in [3.8, 4) is 0 Å². The van der Waals surface area contributed by atoms with Gasteiger partial charge in [0.1, 0.15) is 4.90 Å². The molecule has 0 saturated carbocycles. The minimum absolute atomic E-state index is 0.257. The van der Waals surface area contributed by atoms with Gasteiger partial charge in [-0.05, 0) is 12.1 Å². The first-order chi connectivity index (χ1) is 7.27. The highest BCUT2D eigenvalue weighted by Crippen LogP contribution is 2.26. The van der Waals surface area contributed by atoms with Crippen molar-refractivity contribution in [1.29, 1.82) is 0 Å². The molecule has 1 aromatic heterocycles. The van der Waals surface area contributed by atoms with Gasteiger partial charge in [0.2, 0.25) is 0 Å². The summed E-state index contributed by atoms with van der Waals surface area (Å²) in [5.41, 5.74) is 1.31. The minimum atomic E-state index is -1.29. The first-order valence-electron chi connectivity index (χ1n) is 4.51. The fraction of sp³-hybridized carbons (Fsp3) is 0. The van der Waals surface area contributed by atoms with Crippen LogP contribution >= 0.6 is 0 Å². The van der Waals surface area contributed by atoms with Crippen LogP contribution in [-0.2, 0) is 10.8 Å². The highest BCUT2D eigenvalue weighted by atomic mass is 32.2. The molecule has 1 aliphatic heterocycles. The number of rotatable bonds is 0. The molecule has 0 saturated heterocycles. The molecule has 1 aliphatic rings. The van der Waals surface area contributed by atoms with Gasteiger partial charge in [-0.3, -0.25) is 4.79 Å². The Balaban J connectivity index is 2.59. The second-order valence-electron chi connectivity index (χ2n) is 3.34.